The second kappa shape index (κ2) is 7.52. The van der Waals surface area contributed by atoms with E-state index in [2.05, 4.69) is 10.3 Å². The largest absolute Gasteiger partial charge is 0.494 e. The fourth-order valence-corrected chi connectivity index (χ4v) is 3.39. The van der Waals surface area contributed by atoms with Crippen molar-refractivity contribution in [2.45, 2.75) is 91.6 Å². The van der Waals surface area contributed by atoms with Gasteiger partial charge < -0.3 is 24.3 Å². The maximum atomic E-state index is 12.5. The van der Waals surface area contributed by atoms with Crippen molar-refractivity contribution in [2.75, 3.05) is 0 Å². The molecule has 8 heteroatoms. The Kier molecular flexibility index (Phi) is 5.73. The average molecular weight is 429 g/mol. The highest BCUT2D eigenvalue weighted by Crippen LogP contribution is 2.36. The van der Waals surface area contributed by atoms with Crippen LogP contribution < -0.4 is 10.8 Å². The summed E-state index contributed by atoms with van der Waals surface area (Å²) in [6, 6.07) is 5.93. The van der Waals surface area contributed by atoms with Gasteiger partial charge in [0.1, 0.15) is 17.0 Å². The maximum Gasteiger partial charge on any atom is 0.494 e. The molecular weight excluding hydrogens is 393 g/mol. The van der Waals surface area contributed by atoms with E-state index < -0.39 is 35.6 Å². The van der Waals surface area contributed by atoms with Gasteiger partial charge in [-0.25, -0.2) is 9.78 Å². The fourth-order valence-electron chi connectivity index (χ4n) is 3.39. The highest BCUT2D eigenvalue weighted by Gasteiger charge is 2.51. The van der Waals surface area contributed by atoms with Crippen molar-refractivity contribution in [1.29, 1.82) is 0 Å². The predicted molar refractivity (Wildman–Crippen MR) is 123 cm³/mol. The lowest BCUT2D eigenvalue weighted by atomic mass is 9.79. The zero-order valence-electron chi connectivity index (χ0n) is 20.5. The Morgan fingerprint density at radius 3 is 2.23 bits per heavy atom. The molecule has 0 aliphatic carbocycles. The molecule has 2 aromatic rings. The van der Waals surface area contributed by atoms with Gasteiger partial charge >= 0.3 is 13.2 Å². The molecule has 0 radical (unpaired) electrons. The second-order valence-corrected chi connectivity index (χ2v) is 10.9. The lowest BCUT2D eigenvalue weighted by Crippen LogP contribution is -2.49. The van der Waals surface area contributed by atoms with Gasteiger partial charge in [0.15, 0.2) is 0 Å². The molecule has 1 aromatic carbocycles. The Labute approximate surface area is 185 Å². The maximum absolute atomic E-state index is 12.5. The number of carbonyl (C=O) groups excluding carboxylic acids is 1. The molecule has 0 unspecified atom stereocenters. The van der Waals surface area contributed by atoms with E-state index in [1.54, 1.807) is 0 Å². The number of aromatic nitrogens is 2. The second-order valence-electron chi connectivity index (χ2n) is 10.9. The topological polar surface area (TPSA) is 85.5 Å². The lowest BCUT2D eigenvalue weighted by molar-refractivity contribution is 0.00578. The third kappa shape index (κ3) is 4.60. The van der Waals surface area contributed by atoms with E-state index in [0.29, 0.717) is 5.82 Å². The summed E-state index contributed by atoms with van der Waals surface area (Å²) >= 11 is 0. The van der Waals surface area contributed by atoms with E-state index in [1.807, 2.05) is 87.4 Å². The molecule has 1 aliphatic heterocycles. The molecule has 0 saturated carbocycles. The van der Waals surface area contributed by atoms with Crippen LogP contribution in [-0.4, -0.2) is 40.0 Å². The fraction of sp³-hybridized carbons (Fsp3) is 0.652. The Morgan fingerprint density at radius 2 is 1.71 bits per heavy atom. The molecule has 1 atom stereocenters. The standard InChI is InChI=1S/C23H36BN3O4/c1-14(2)23(10,27-19(28)29-20(3,4)5)18-25-16-12-11-15(13-17(16)26-18)24-30-21(6,7)22(8,9)31-24/h11-14H,1-10H3,(H,25,26)(H,27,28)/t23-/m1/s1. The lowest BCUT2D eigenvalue weighted by Gasteiger charge is -2.33. The van der Waals surface area contributed by atoms with Crippen molar-refractivity contribution in [1.82, 2.24) is 15.3 Å². The predicted octanol–water partition coefficient (Wildman–Crippen LogP) is 4.26. The first kappa shape index (κ1) is 23.6. The monoisotopic (exact) mass is 429 g/mol. The number of nitrogens with one attached hydrogen (secondary N) is 2. The number of H-pyrrole nitrogens is 1. The van der Waals surface area contributed by atoms with Crippen molar-refractivity contribution in [3.8, 4) is 0 Å². The molecular formula is C23H36BN3O4. The van der Waals surface area contributed by atoms with Crippen LogP contribution in [-0.2, 0) is 19.6 Å². The normalized spacial score (nSPS) is 20.2. The quantitative estimate of drug-likeness (QED) is 0.710. The zero-order chi connectivity index (χ0) is 23.4. The number of hydrogen-bond acceptors (Lipinski definition) is 5. The first-order chi connectivity index (χ1) is 14.0. The first-order valence-corrected chi connectivity index (χ1v) is 10.9. The van der Waals surface area contributed by atoms with Gasteiger partial charge in [-0.1, -0.05) is 19.9 Å². The van der Waals surface area contributed by atoms with E-state index in [9.17, 15) is 4.79 Å². The molecule has 170 valence electrons. The number of nitrogens with zero attached hydrogens (tertiary/aromatic N) is 1. The van der Waals surface area contributed by atoms with Crippen LogP contribution in [0.25, 0.3) is 11.0 Å². The average Bonchev–Trinajstić information content (AvgIpc) is 3.10. The number of imidazole rings is 1. The van der Waals surface area contributed by atoms with Crippen molar-refractivity contribution in [3.63, 3.8) is 0 Å². The van der Waals surface area contributed by atoms with E-state index in [0.717, 1.165) is 16.5 Å². The van der Waals surface area contributed by atoms with Gasteiger partial charge in [-0.15, -0.1) is 0 Å². The van der Waals surface area contributed by atoms with Crippen molar-refractivity contribution >= 4 is 29.7 Å². The van der Waals surface area contributed by atoms with E-state index in [1.165, 1.54) is 0 Å². The highest BCUT2D eigenvalue weighted by atomic mass is 16.7. The number of rotatable bonds is 4. The minimum Gasteiger partial charge on any atom is -0.444 e. The molecule has 1 aliphatic rings. The van der Waals surface area contributed by atoms with Crippen LogP contribution in [0.15, 0.2) is 18.2 Å². The zero-order valence-corrected chi connectivity index (χ0v) is 20.5. The molecule has 2 N–H and O–H groups in total. The number of aromatic amines is 1. The van der Waals surface area contributed by atoms with Crippen LogP contribution in [0.3, 0.4) is 0 Å². The number of ether oxygens (including phenoxy) is 1. The van der Waals surface area contributed by atoms with Crippen LogP contribution in [0, 0.1) is 5.92 Å². The van der Waals surface area contributed by atoms with Crippen LogP contribution in [0.5, 0.6) is 0 Å². The third-order valence-corrected chi connectivity index (χ3v) is 6.44. The molecule has 0 bridgehead atoms. The minimum absolute atomic E-state index is 0.0724. The molecule has 3 rings (SSSR count). The van der Waals surface area contributed by atoms with Gasteiger partial charge in [-0.3, -0.25) is 0 Å². The molecule has 7 nitrogen and oxygen atoms in total. The Hall–Kier alpha value is -2.06. The Balaban J connectivity index is 1.91. The van der Waals surface area contributed by atoms with Crippen molar-refractivity contribution in [2.24, 2.45) is 5.92 Å². The van der Waals surface area contributed by atoms with Gasteiger partial charge in [0.05, 0.1) is 22.2 Å². The van der Waals surface area contributed by atoms with Gasteiger partial charge in [-0.2, -0.15) is 0 Å². The van der Waals surface area contributed by atoms with Crippen LogP contribution >= 0.6 is 0 Å². The molecule has 1 saturated heterocycles. The first-order valence-electron chi connectivity index (χ1n) is 10.9. The Morgan fingerprint density at radius 1 is 1.13 bits per heavy atom. The van der Waals surface area contributed by atoms with Gasteiger partial charge in [0.2, 0.25) is 0 Å². The summed E-state index contributed by atoms with van der Waals surface area (Å²) in [5, 5.41) is 3.01. The van der Waals surface area contributed by atoms with E-state index in [-0.39, 0.29) is 5.92 Å². The number of benzene rings is 1. The van der Waals surface area contributed by atoms with E-state index in [4.69, 9.17) is 19.0 Å². The van der Waals surface area contributed by atoms with Crippen LogP contribution in [0.4, 0.5) is 4.79 Å². The third-order valence-electron chi connectivity index (χ3n) is 6.44. The molecule has 0 spiro atoms. The number of amides is 1. The molecule has 1 amide bonds. The summed E-state index contributed by atoms with van der Waals surface area (Å²) in [7, 11) is -0.447. The molecule has 1 aromatic heterocycles. The number of fused-ring (bicyclic) bond motifs is 1. The van der Waals surface area contributed by atoms with Crippen molar-refractivity contribution in [3.05, 3.63) is 24.0 Å². The summed E-state index contributed by atoms with van der Waals surface area (Å²) in [6.45, 7) is 19.7. The summed E-state index contributed by atoms with van der Waals surface area (Å²) in [4.78, 5) is 20.7. The minimum atomic E-state index is -0.730. The molecule has 1 fully saturated rings. The smallest absolute Gasteiger partial charge is 0.444 e. The number of alkyl carbamates (subject to hydrolysis) is 1. The van der Waals surface area contributed by atoms with Crippen LogP contribution in [0.2, 0.25) is 0 Å². The summed E-state index contributed by atoms with van der Waals surface area (Å²) in [5.74, 6) is 0.748. The Bertz CT molecular complexity index is 961. The van der Waals surface area contributed by atoms with E-state index >= 15 is 0 Å². The molecule has 31 heavy (non-hydrogen) atoms. The van der Waals surface area contributed by atoms with Crippen LogP contribution in [0.1, 0.15) is 75.1 Å². The summed E-state index contributed by atoms with van der Waals surface area (Å²) in [6.07, 6.45) is -0.470. The highest BCUT2D eigenvalue weighted by molar-refractivity contribution is 6.62. The van der Waals surface area contributed by atoms with Crippen molar-refractivity contribution < 1.29 is 18.8 Å². The van der Waals surface area contributed by atoms with Gasteiger partial charge in [0.25, 0.3) is 0 Å². The van der Waals surface area contributed by atoms with Gasteiger partial charge in [0, 0.05) is 0 Å². The SMILES string of the molecule is CC(C)[C@@](C)(NC(=O)OC(C)(C)C)c1nc2ccc(B3OC(C)(C)C(C)(C)O3)cc2[nH]1. The van der Waals surface area contributed by atoms with Gasteiger partial charge in [-0.05, 0) is 78.9 Å². The summed E-state index contributed by atoms with van der Waals surface area (Å²) in [5.41, 5.74) is 0.485. The summed E-state index contributed by atoms with van der Waals surface area (Å²) < 4.78 is 17.8. The number of hydrogen-bond donors (Lipinski definition) is 2. The number of carbonyl (C=O) groups is 1. The molecule has 2 heterocycles.